The van der Waals surface area contributed by atoms with Crippen LogP contribution in [-0.2, 0) is 19.1 Å². The summed E-state index contributed by atoms with van der Waals surface area (Å²) >= 11 is 1.27. The van der Waals surface area contributed by atoms with Crippen molar-refractivity contribution in [2.24, 2.45) is 50.2 Å². The fourth-order valence-corrected chi connectivity index (χ4v) is 12.8. The average molecular weight is 755 g/mol. The molecule has 53 heavy (non-hydrogen) atoms. The number of esters is 1. The number of aliphatic hydroxyl groups is 1. The maximum Gasteiger partial charge on any atom is 0.350 e. The number of hydrogen-bond acceptors (Lipinski definition) is 8. The third-order valence-corrected chi connectivity index (χ3v) is 16.8. The van der Waals surface area contributed by atoms with Gasteiger partial charge in [-0.15, -0.1) is 11.3 Å². The highest BCUT2D eigenvalue weighted by atomic mass is 32.1. The number of carboxylic acid groups (broad SMARTS) is 1. The Kier molecular flexibility index (Phi) is 11.4. The van der Waals surface area contributed by atoms with E-state index in [9.17, 15) is 29.4 Å². The van der Waals surface area contributed by atoms with Crippen LogP contribution < -0.4 is 10.6 Å². The van der Waals surface area contributed by atoms with Gasteiger partial charge in [-0.05, 0) is 147 Å². The van der Waals surface area contributed by atoms with E-state index in [0.717, 1.165) is 69.9 Å². The van der Waals surface area contributed by atoms with Gasteiger partial charge >= 0.3 is 11.9 Å². The molecule has 1 unspecified atom stereocenters. The first-order valence-corrected chi connectivity index (χ1v) is 20.8. The lowest BCUT2D eigenvalue weighted by atomic mass is 9.33. The molecule has 4 saturated carbocycles. The molecule has 1 heterocycles. The predicted molar refractivity (Wildman–Crippen MR) is 210 cm³/mol. The average Bonchev–Trinajstić information content (AvgIpc) is 3.46. The number of aliphatic hydroxyl groups excluding tert-OH is 1. The number of rotatable bonds is 7. The second kappa shape index (κ2) is 14.5. The van der Waals surface area contributed by atoms with Crippen LogP contribution in [0, 0.1) is 57.2 Å². The van der Waals surface area contributed by atoms with Gasteiger partial charge in [-0.1, -0.05) is 54.0 Å². The molecule has 5 aliphatic rings. The number of aryl methyl sites for hydroxylation is 1. The Bertz CT molecular complexity index is 1650. The Morgan fingerprint density at radius 1 is 1.00 bits per heavy atom. The molecule has 5 aliphatic carbocycles. The zero-order valence-electron chi connectivity index (χ0n) is 34.2. The molecule has 0 radical (unpaired) electrons. The molecular formula is C43H66N2O7S. The summed E-state index contributed by atoms with van der Waals surface area (Å²) in [6.45, 7) is 22.3. The maximum absolute atomic E-state index is 14.2. The molecule has 0 bridgehead atoms. The quantitative estimate of drug-likeness (QED) is 0.203. The van der Waals surface area contributed by atoms with Gasteiger partial charge in [-0.3, -0.25) is 14.4 Å². The Morgan fingerprint density at radius 3 is 2.28 bits per heavy atom. The molecule has 296 valence electrons. The van der Waals surface area contributed by atoms with Gasteiger partial charge in [0, 0.05) is 5.92 Å². The minimum atomic E-state index is -0.711. The summed E-state index contributed by atoms with van der Waals surface area (Å²) in [6, 6.07) is -0.301. The Morgan fingerprint density at radius 2 is 1.66 bits per heavy atom. The number of carbonyl (C=O) groups excluding carboxylic acids is 3. The van der Waals surface area contributed by atoms with Gasteiger partial charge < -0.3 is 25.6 Å². The van der Waals surface area contributed by atoms with E-state index in [1.54, 1.807) is 6.92 Å². The Hall–Kier alpha value is -2.56. The first-order valence-electron chi connectivity index (χ1n) is 19.9. The van der Waals surface area contributed by atoms with Crippen LogP contribution in [0.5, 0.6) is 0 Å². The maximum atomic E-state index is 14.2. The van der Waals surface area contributed by atoms with E-state index in [2.05, 4.69) is 52.2 Å². The number of ketones is 1. The number of ether oxygens (including phenoxy) is 1. The van der Waals surface area contributed by atoms with Gasteiger partial charge in [0.1, 0.15) is 4.88 Å². The van der Waals surface area contributed by atoms with Crippen molar-refractivity contribution >= 4 is 40.7 Å². The molecular weight excluding hydrogens is 689 g/mol. The number of thiophene rings is 1. The Labute approximate surface area is 321 Å². The van der Waals surface area contributed by atoms with Gasteiger partial charge in [0.05, 0.1) is 30.4 Å². The number of aliphatic carboxylic acids is 1. The lowest BCUT2D eigenvalue weighted by Gasteiger charge is -2.70. The number of anilines is 1. The molecule has 10 heteroatoms. The summed E-state index contributed by atoms with van der Waals surface area (Å²) in [5.41, 5.74) is 1.55. The second-order valence-corrected chi connectivity index (χ2v) is 20.1. The standard InChI is InChI=1S/C30H46O4.C13H20N2O3S/c1-25(2)21-8-11-30(7)23(28(21,5)10-9-22(25)32)20(31)16-18-19-17-27(4,24(33)34)13-12-26(19,3)14-15-29(18,30)6;1-5-6-14-9(3)12(16)15-10-8(2)7-19-11(10)13(17)18-4/h16,19,21-23,32H,8-15,17H2,1-7H3,(H,33,34);7,9,14H,5-6H2,1-4H3,(H,15,16)/t19-,21-,22-,23+,26+,27-,28-,29+,30+;/m0./s1. The molecule has 0 aliphatic heterocycles. The predicted octanol–water partition coefficient (Wildman–Crippen LogP) is 8.58. The molecule has 4 fully saturated rings. The van der Waals surface area contributed by atoms with Crippen LogP contribution in [0.15, 0.2) is 17.0 Å². The zero-order chi connectivity index (χ0) is 39.5. The van der Waals surface area contributed by atoms with E-state index >= 15 is 0 Å². The molecule has 0 aromatic carbocycles. The summed E-state index contributed by atoms with van der Waals surface area (Å²) < 4.78 is 4.70. The van der Waals surface area contributed by atoms with E-state index in [1.165, 1.54) is 24.0 Å². The molecule has 9 nitrogen and oxygen atoms in total. The third kappa shape index (κ3) is 6.74. The highest BCUT2D eigenvalue weighted by Gasteiger charge is 2.70. The SMILES string of the molecule is CC1(C)[C@@H](O)CC[C@]2(C)[C@H]3C(=O)C=C4[C@@H]5C[C@@](C)(C(=O)O)CC[C@]5(C)CC[C@@]4(C)[C@]3(C)CC[C@@H]12.CCCNC(C)C(=O)Nc1c(C)csc1C(=O)OC. The van der Waals surface area contributed by atoms with Crippen LogP contribution in [0.2, 0.25) is 0 Å². The number of hydrogen-bond donors (Lipinski definition) is 4. The van der Waals surface area contributed by atoms with Crippen molar-refractivity contribution in [2.45, 2.75) is 146 Å². The van der Waals surface area contributed by atoms with Gasteiger partial charge in [0.15, 0.2) is 5.78 Å². The van der Waals surface area contributed by atoms with Crippen LogP contribution in [0.25, 0.3) is 0 Å². The summed E-state index contributed by atoms with van der Waals surface area (Å²) in [4.78, 5) is 50.5. The fraction of sp³-hybridized carbons (Fsp3) is 0.767. The number of methoxy groups -OCH3 is 1. The van der Waals surface area contributed by atoms with Crippen molar-refractivity contribution in [3.05, 3.63) is 27.5 Å². The van der Waals surface area contributed by atoms with Gasteiger partial charge in [-0.25, -0.2) is 4.79 Å². The van der Waals surface area contributed by atoms with E-state index in [-0.39, 0.29) is 62.7 Å². The van der Waals surface area contributed by atoms with Crippen LogP contribution in [0.1, 0.15) is 142 Å². The van der Waals surface area contributed by atoms with E-state index in [0.29, 0.717) is 22.9 Å². The summed E-state index contributed by atoms with van der Waals surface area (Å²) in [6.07, 6.45) is 10.9. The molecule has 1 amide bonds. The lowest BCUT2D eigenvalue weighted by molar-refractivity contribution is -0.202. The number of carbonyl (C=O) groups is 4. The minimum absolute atomic E-state index is 0.0296. The van der Waals surface area contributed by atoms with Crippen molar-refractivity contribution in [1.29, 1.82) is 0 Å². The number of amides is 1. The smallest absolute Gasteiger partial charge is 0.350 e. The zero-order valence-corrected chi connectivity index (χ0v) is 35.0. The number of carboxylic acids is 1. The monoisotopic (exact) mass is 754 g/mol. The number of nitrogens with one attached hydrogen (secondary N) is 2. The molecule has 4 N–H and O–H groups in total. The van der Waals surface area contributed by atoms with Crippen LogP contribution in [0.4, 0.5) is 5.69 Å². The lowest BCUT2D eigenvalue weighted by Crippen LogP contribution is -2.66. The molecule has 1 aromatic heterocycles. The van der Waals surface area contributed by atoms with Crippen molar-refractivity contribution in [3.8, 4) is 0 Å². The second-order valence-electron chi connectivity index (χ2n) is 19.2. The van der Waals surface area contributed by atoms with Crippen molar-refractivity contribution in [3.63, 3.8) is 0 Å². The number of allylic oxidation sites excluding steroid dienone is 2. The summed E-state index contributed by atoms with van der Waals surface area (Å²) in [5.74, 6) is -0.521. The van der Waals surface area contributed by atoms with Gasteiger partial charge in [-0.2, -0.15) is 0 Å². The summed E-state index contributed by atoms with van der Waals surface area (Å²) in [5, 5.41) is 28.6. The Balaban J connectivity index is 0.000000243. The van der Waals surface area contributed by atoms with Crippen molar-refractivity contribution < 1.29 is 34.1 Å². The third-order valence-electron chi connectivity index (χ3n) is 15.8. The molecule has 10 atom stereocenters. The van der Waals surface area contributed by atoms with E-state index in [4.69, 9.17) is 4.74 Å². The van der Waals surface area contributed by atoms with E-state index < -0.39 is 17.4 Å². The van der Waals surface area contributed by atoms with Crippen LogP contribution >= 0.6 is 11.3 Å². The summed E-state index contributed by atoms with van der Waals surface area (Å²) in [7, 11) is 1.33. The normalized spacial score (nSPS) is 39.0. The molecule has 6 rings (SSSR count). The van der Waals surface area contributed by atoms with Gasteiger partial charge in [0.25, 0.3) is 0 Å². The molecule has 0 spiro atoms. The number of fused-ring (bicyclic) bond motifs is 7. The largest absolute Gasteiger partial charge is 0.481 e. The van der Waals surface area contributed by atoms with E-state index in [1.807, 2.05) is 32.2 Å². The van der Waals surface area contributed by atoms with Crippen molar-refractivity contribution in [2.75, 3.05) is 19.0 Å². The van der Waals surface area contributed by atoms with Gasteiger partial charge in [0.2, 0.25) is 5.91 Å². The topological polar surface area (TPSA) is 142 Å². The van der Waals surface area contributed by atoms with Crippen LogP contribution in [-0.4, -0.2) is 59.6 Å². The highest BCUT2D eigenvalue weighted by molar-refractivity contribution is 7.12. The minimum Gasteiger partial charge on any atom is -0.481 e. The highest BCUT2D eigenvalue weighted by Crippen LogP contribution is 2.75. The molecule has 0 saturated heterocycles. The first kappa shape index (κ1) is 41.6. The first-order chi connectivity index (χ1) is 24.6. The van der Waals surface area contributed by atoms with Crippen LogP contribution in [0.3, 0.4) is 0 Å². The fourth-order valence-electron chi connectivity index (χ4n) is 11.9. The molecule has 1 aromatic rings. The van der Waals surface area contributed by atoms with Crippen molar-refractivity contribution in [1.82, 2.24) is 5.32 Å².